The maximum Gasteiger partial charge on any atom is 0.303 e. The lowest BCUT2D eigenvalue weighted by atomic mass is 10.1. The Bertz CT molecular complexity index is 662. The lowest BCUT2D eigenvalue weighted by Crippen LogP contribution is -2.25. The number of hydrogen-bond donors (Lipinski definition) is 3. The number of rotatable bonds is 7. The number of phenols is 1. The van der Waals surface area contributed by atoms with E-state index in [0.717, 1.165) is 11.1 Å². The highest BCUT2D eigenvalue weighted by Crippen LogP contribution is 2.10. The van der Waals surface area contributed by atoms with E-state index in [-0.39, 0.29) is 18.1 Å². The Morgan fingerprint density at radius 2 is 1.43 bits per heavy atom. The van der Waals surface area contributed by atoms with Crippen LogP contribution in [0.25, 0.3) is 0 Å². The zero-order valence-electron chi connectivity index (χ0n) is 12.7. The van der Waals surface area contributed by atoms with Crippen LogP contribution < -0.4 is 5.32 Å². The fourth-order valence-electron chi connectivity index (χ4n) is 2.16. The number of aryl methyl sites for hydroxylation is 1. The summed E-state index contributed by atoms with van der Waals surface area (Å²) in [6.45, 7) is 0.508. The first-order valence-electron chi connectivity index (χ1n) is 7.41. The number of aromatic hydroxyl groups is 1. The van der Waals surface area contributed by atoms with E-state index in [2.05, 4.69) is 5.32 Å². The lowest BCUT2D eigenvalue weighted by molar-refractivity contribution is -0.136. The second-order valence-electron chi connectivity index (χ2n) is 5.26. The van der Waals surface area contributed by atoms with Gasteiger partial charge in [-0.15, -0.1) is 0 Å². The van der Waals surface area contributed by atoms with Crippen molar-refractivity contribution in [3.63, 3.8) is 0 Å². The Morgan fingerprint density at radius 3 is 2.00 bits per heavy atom. The summed E-state index contributed by atoms with van der Waals surface area (Å²) >= 11 is 0. The van der Waals surface area contributed by atoms with Crippen LogP contribution in [0.15, 0.2) is 48.5 Å². The highest BCUT2D eigenvalue weighted by Gasteiger charge is 2.05. The maximum atomic E-state index is 11.9. The van der Waals surface area contributed by atoms with Crippen LogP contribution >= 0.6 is 0 Å². The number of amides is 1. The summed E-state index contributed by atoms with van der Waals surface area (Å²) in [5, 5.41) is 20.7. The number of aliphatic carboxylic acids is 1. The summed E-state index contributed by atoms with van der Waals surface area (Å²) < 4.78 is 0. The Balaban J connectivity index is 1.78. The molecule has 1 amide bonds. The molecule has 0 atom stereocenters. The van der Waals surface area contributed by atoms with Gasteiger partial charge in [0.05, 0.1) is 0 Å². The number of carboxylic acids is 1. The minimum atomic E-state index is -0.800. The molecule has 0 fully saturated rings. The molecule has 2 rings (SSSR count). The van der Waals surface area contributed by atoms with Gasteiger partial charge in [0.1, 0.15) is 5.75 Å². The van der Waals surface area contributed by atoms with Crippen LogP contribution in [0.3, 0.4) is 0 Å². The Morgan fingerprint density at radius 1 is 0.870 bits per heavy atom. The molecule has 23 heavy (non-hydrogen) atoms. The summed E-state index contributed by atoms with van der Waals surface area (Å²) in [4.78, 5) is 22.4. The zero-order chi connectivity index (χ0) is 16.7. The minimum absolute atomic E-state index is 0.127. The number of phenolic OH excluding ortho intramolecular Hbond substituents is 1. The minimum Gasteiger partial charge on any atom is -0.508 e. The summed E-state index contributed by atoms with van der Waals surface area (Å²) in [7, 11) is 0. The molecule has 0 aliphatic carbocycles. The second kappa shape index (κ2) is 7.98. The fourth-order valence-corrected chi connectivity index (χ4v) is 2.16. The quantitative estimate of drug-likeness (QED) is 0.732. The molecule has 3 N–H and O–H groups in total. The molecule has 2 aromatic rings. The normalized spacial score (nSPS) is 10.3. The van der Waals surface area contributed by atoms with E-state index >= 15 is 0 Å². The van der Waals surface area contributed by atoms with Crippen molar-refractivity contribution in [1.29, 1.82) is 0 Å². The first-order valence-corrected chi connectivity index (χ1v) is 7.41. The Labute approximate surface area is 134 Å². The number of carbonyl (C=O) groups is 2. The van der Waals surface area contributed by atoms with E-state index < -0.39 is 5.97 Å². The topological polar surface area (TPSA) is 86.6 Å². The predicted molar refractivity (Wildman–Crippen MR) is 86.5 cm³/mol. The van der Waals surface area contributed by atoms with Gasteiger partial charge in [0, 0.05) is 18.5 Å². The van der Waals surface area contributed by atoms with Crippen LogP contribution in [0.4, 0.5) is 0 Å². The highest BCUT2D eigenvalue weighted by atomic mass is 16.4. The molecule has 5 heteroatoms. The van der Waals surface area contributed by atoms with Crippen LogP contribution in [0.1, 0.15) is 27.9 Å². The van der Waals surface area contributed by atoms with Crippen LogP contribution in [-0.4, -0.2) is 28.6 Å². The van der Waals surface area contributed by atoms with Gasteiger partial charge in [-0.1, -0.05) is 24.3 Å². The molecule has 0 heterocycles. The molecule has 5 nitrogen and oxygen atoms in total. The molecule has 0 aliphatic heterocycles. The van der Waals surface area contributed by atoms with Crippen molar-refractivity contribution in [2.75, 3.05) is 6.54 Å². The predicted octanol–water partition coefficient (Wildman–Crippen LogP) is 2.38. The second-order valence-corrected chi connectivity index (χ2v) is 5.26. The summed E-state index contributed by atoms with van der Waals surface area (Å²) in [6, 6.07) is 13.8. The van der Waals surface area contributed by atoms with Crippen LogP contribution in [0.2, 0.25) is 0 Å². The van der Waals surface area contributed by atoms with Crippen molar-refractivity contribution in [3.8, 4) is 5.75 Å². The zero-order valence-corrected chi connectivity index (χ0v) is 12.7. The summed E-state index contributed by atoms with van der Waals surface area (Å²) in [6.07, 6.45) is 1.35. The van der Waals surface area contributed by atoms with Gasteiger partial charge in [-0.3, -0.25) is 9.59 Å². The third-order valence-electron chi connectivity index (χ3n) is 3.48. The average molecular weight is 313 g/mol. The Hall–Kier alpha value is -2.82. The van der Waals surface area contributed by atoms with Gasteiger partial charge >= 0.3 is 5.97 Å². The van der Waals surface area contributed by atoms with Crippen molar-refractivity contribution >= 4 is 11.9 Å². The van der Waals surface area contributed by atoms with E-state index in [1.165, 1.54) is 12.1 Å². The maximum absolute atomic E-state index is 11.9. The van der Waals surface area contributed by atoms with Crippen LogP contribution in [-0.2, 0) is 17.6 Å². The third-order valence-corrected chi connectivity index (χ3v) is 3.48. The van der Waals surface area contributed by atoms with E-state index in [0.29, 0.717) is 24.9 Å². The highest BCUT2D eigenvalue weighted by molar-refractivity contribution is 5.94. The number of carboxylic acid groups (broad SMARTS) is 1. The summed E-state index contributed by atoms with van der Waals surface area (Å²) in [5.41, 5.74) is 2.58. The molecule has 0 spiro atoms. The van der Waals surface area contributed by atoms with Crippen molar-refractivity contribution in [1.82, 2.24) is 5.32 Å². The van der Waals surface area contributed by atoms with Gasteiger partial charge in [-0.25, -0.2) is 0 Å². The number of benzene rings is 2. The molecule has 0 aromatic heterocycles. The van der Waals surface area contributed by atoms with Crippen LogP contribution in [0, 0.1) is 0 Å². The third kappa shape index (κ3) is 5.47. The van der Waals surface area contributed by atoms with E-state index in [1.807, 2.05) is 24.3 Å². The first kappa shape index (κ1) is 16.5. The molecule has 2 aromatic carbocycles. The summed E-state index contributed by atoms with van der Waals surface area (Å²) in [5.74, 6) is -0.848. The van der Waals surface area contributed by atoms with Crippen molar-refractivity contribution in [3.05, 3.63) is 65.2 Å². The van der Waals surface area contributed by atoms with Gasteiger partial charge in [-0.05, 0) is 48.2 Å². The SMILES string of the molecule is O=C(O)CCc1ccc(CCNC(=O)c2ccc(O)cc2)cc1. The van der Waals surface area contributed by atoms with Crippen molar-refractivity contribution in [2.45, 2.75) is 19.3 Å². The lowest BCUT2D eigenvalue weighted by Gasteiger charge is -2.06. The van der Waals surface area contributed by atoms with E-state index in [1.54, 1.807) is 12.1 Å². The molecule has 0 bridgehead atoms. The molecule has 0 saturated carbocycles. The van der Waals surface area contributed by atoms with Crippen LogP contribution in [0.5, 0.6) is 5.75 Å². The van der Waals surface area contributed by atoms with Gasteiger partial charge in [0.25, 0.3) is 5.91 Å². The van der Waals surface area contributed by atoms with Gasteiger partial charge < -0.3 is 15.5 Å². The molecule has 0 aliphatic rings. The number of carbonyl (C=O) groups excluding carboxylic acids is 1. The van der Waals surface area contributed by atoms with Crippen molar-refractivity contribution < 1.29 is 19.8 Å². The fraction of sp³-hybridized carbons (Fsp3) is 0.222. The molecule has 0 saturated heterocycles. The van der Waals surface area contributed by atoms with E-state index in [9.17, 15) is 14.7 Å². The van der Waals surface area contributed by atoms with Gasteiger partial charge in [0.15, 0.2) is 0 Å². The largest absolute Gasteiger partial charge is 0.508 e. The van der Waals surface area contributed by atoms with Gasteiger partial charge in [-0.2, -0.15) is 0 Å². The molecule has 0 radical (unpaired) electrons. The molecular weight excluding hydrogens is 294 g/mol. The van der Waals surface area contributed by atoms with Crippen molar-refractivity contribution in [2.24, 2.45) is 0 Å². The number of nitrogens with one attached hydrogen (secondary N) is 1. The Kier molecular flexibility index (Phi) is 5.74. The average Bonchev–Trinajstić information content (AvgIpc) is 2.54. The standard InChI is InChI=1S/C18H19NO4/c20-16-8-6-15(7-9-16)18(23)19-12-11-14-3-1-13(2-4-14)5-10-17(21)22/h1-4,6-9,20H,5,10-12H2,(H,19,23)(H,21,22). The van der Waals surface area contributed by atoms with E-state index in [4.69, 9.17) is 5.11 Å². The monoisotopic (exact) mass is 313 g/mol. The smallest absolute Gasteiger partial charge is 0.303 e. The first-order chi connectivity index (χ1) is 11.0. The van der Waals surface area contributed by atoms with Gasteiger partial charge in [0.2, 0.25) is 0 Å². The molecule has 0 unspecified atom stereocenters. The molecule has 120 valence electrons. The number of hydrogen-bond acceptors (Lipinski definition) is 3. The molecular formula is C18H19NO4.